The summed E-state index contributed by atoms with van der Waals surface area (Å²) in [4.78, 5) is 17.0. The lowest BCUT2D eigenvalue weighted by molar-refractivity contribution is -0.126. The minimum atomic E-state index is 0.0971. The molecule has 2 aromatic carbocycles. The third-order valence-corrected chi connectivity index (χ3v) is 6.28. The van der Waals surface area contributed by atoms with Gasteiger partial charge in [0.05, 0.1) is 0 Å². The van der Waals surface area contributed by atoms with Gasteiger partial charge in [0.2, 0.25) is 5.91 Å². The first-order valence-corrected chi connectivity index (χ1v) is 11.0. The van der Waals surface area contributed by atoms with Gasteiger partial charge in [0, 0.05) is 53.9 Å². The van der Waals surface area contributed by atoms with Crippen molar-refractivity contribution in [2.24, 2.45) is 5.92 Å². The number of benzene rings is 2. The molecule has 2 aromatic rings. The molecule has 0 unspecified atom stereocenters. The molecule has 1 amide bonds. The summed E-state index contributed by atoms with van der Waals surface area (Å²) >= 11 is 12.6. The van der Waals surface area contributed by atoms with Gasteiger partial charge in [-0.05, 0) is 56.6 Å². The molecule has 0 radical (unpaired) electrons. The maximum absolute atomic E-state index is 12.5. The highest BCUT2D eigenvalue weighted by Gasteiger charge is 2.25. The summed E-state index contributed by atoms with van der Waals surface area (Å²) < 4.78 is 0. The van der Waals surface area contributed by atoms with E-state index in [0.29, 0.717) is 16.6 Å². The molecular formula is C23H29Cl2N3O. The third kappa shape index (κ3) is 6.36. The van der Waals surface area contributed by atoms with E-state index < -0.39 is 0 Å². The van der Waals surface area contributed by atoms with Gasteiger partial charge in [-0.3, -0.25) is 9.69 Å². The van der Waals surface area contributed by atoms with Crippen molar-refractivity contribution in [2.75, 3.05) is 38.1 Å². The van der Waals surface area contributed by atoms with E-state index in [4.69, 9.17) is 23.2 Å². The number of nitrogens with one attached hydrogen (secondary N) is 1. The number of nitrogens with zero attached hydrogens (tertiary/aromatic N) is 2. The minimum absolute atomic E-state index is 0.0971. The van der Waals surface area contributed by atoms with Crippen molar-refractivity contribution >= 4 is 34.8 Å². The van der Waals surface area contributed by atoms with Gasteiger partial charge in [-0.1, -0.05) is 47.5 Å². The molecule has 0 aliphatic carbocycles. The molecule has 0 saturated carbocycles. The van der Waals surface area contributed by atoms with Crippen molar-refractivity contribution in [3.8, 4) is 0 Å². The molecule has 1 aliphatic rings. The van der Waals surface area contributed by atoms with Crippen LogP contribution >= 0.6 is 23.2 Å². The number of hydrogen-bond acceptors (Lipinski definition) is 3. The van der Waals surface area contributed by atoms with Crippen LogP contribution in [0.1, 0.15) is 24.8 Å². The fourth-order valence-corrected chi connectivity index (χ4v) is 4.26. The van der Waals surface area contributed by atoms with Crippen molar-refractivity contribution < 1.29 is 4.79 Å². The fourth-order valence-electron chi connectivity index (χ4n) is 3.74. The summed E-state index contributed by atoms with van der Waals surface area (Å²) in [5.74, 6) is 0.280. The number of carbonyl (C=O) groups is 1. The van der Waals surface area contributed by atoms with Crippen molar-refractivity contribution in [3.63, 3.8) is 0 Å². The molecule has 1 heterocycles. The fraction of sp³-hybridized carbons (Fsp3) is 0.435. The zero-order valence-corrected chi connectivity index (χ0v) is 18.4. The molecule has 0 spiro atoms. The molecule has 0 bridgehead atoms. The minimum Gasteiger partial charge on any atom is -0.375 e. The van der Waals surface area contributed by atoms with Gasteiger partial charge in [-0.15, -0.1) is 0 Å². The number of anilines is 1. The molecule has 1 aliphatic heterocycles. The first-order chi connectivity index (χ1) is 14.0. The summed E-state index contributed by atoms with van der Waals surface area (Å²) in [5, 5.41) is 4.53. The van der Waals surface area contributed by atoms with E-state index in [1.807, 2.05) is 36.4 Å². The van der Waals surface area contributed by atoms with E-state index in [0.717, 1.165) is 51.0 Å². The summed E-state index contributed by atoms with van der Waals surface area (Å²) in [6.07, 6.45) is 2.68. The molecule has 0 atom stereocenters. The van der Waals surface area contributed by atoms with Crippen molar-refractivity contribution in [2.45, 2.75) is 25.8 Å². The number of para-hydroxylation sites is 1. The second-order valence-corrected chi connectivity index (χ2v) is 8.47. The number of amides is 1. The third-order valence-electron chi connectivity index (χ3n) is 5.57. The zero-order valence-electron chi connectivity index (χ0n) is 16.9. The van der Waals surface area contributed by atoms with Crippen LogP contribution in [0.5, 0.6) is 0 Å². The molecular weight excluding hydrogens is 405 g/mol. The number of piperidine rings is 1. The Hall–Kier alpha value is -1.75. The van der Waals surface area contributed by atoms with Crippen molar-refractivity contribution in [3.05, 3.63) is 64.1 Å². The largest absolute Gasteiger partial charge is 0.375 e. The molecule has 1 N–H and O–H groups in total. The number of likely N-dealkylation sites (tertiary alicyclic amines) is 1. The maximum Gasteiger partial charge on any atom is 0.223 e. The Morgan fingerprint density at radius 1 is 1.07 bits per heavy atom. The van der Waals surface area contributed by atoms with Crippen molar-refractivity contribution in [1.29, 1.82) is 0 Å². The number of hydrogen-bond donors (Lipinski definition) is 1. The van der Waals surface area contributed by atoms with Gasteiger partial charge in [-0.2, -0.15) is 0 Å². The van der Waals surface area contributed by atoms with E-state index in [9.17, 15) is 4.79 Å². The van der Waals surface area contributed by atoms with E-state index in [1.165, 1.54) is 5.69 Å². The van der Waals surface area contributed by atoms with Crippen LogP contribution in [-0.4, -0.2) is 44.0 Å². The second-order valence-electron chi connectivity index (χ2n) is 7.65. The Morgan fingerprint density at radius 3 is 2.38 bits per heavy atom. The quantitative estimate of drug-likeness (QED) is 0.604. The Bertz CT molecular complexity index is 772. The highest BCUT2D eigenvalue weighted by Crippen LogP contribution is 2.27. The monoisotopic (exact) mass is 433 g/mol. The highest BCUT2D eigenvalue weighted by molar-refractivity contribution is 6.35. The SMILES string of the molecule is CN(CCCNC(=O)C1CCN(Cc2c(Cl)cccc2Cl)CC1)c1ccccc1. The number of rotatable bonds is 8. The standard InChI is InChI=1S/C23H29Cl2N3O/c1-27(19-7-3-2-4-8-19)14-6-13-26-23(29)18-11-15-28(16-12-18)17-20-21(24)9-5-10-22(20)25/h2-5,7-10,18H,6,11-17H2,1H3,(H,26,29). The zero-order chi connectivity index (χ0) is 20.6. The Balaban J connectivity index is 1.36. The molecule has 156 valence electrons. The van der Waals surface area contributed by atoms with Gasteiger partial charge in [-0.25, -0.2) is 0 Å². The van der Waals surface area contributed by atoms with Crippen molar-refractivity contribution in [1.82, 2.24) is 10.2 Å². The maximum atomic E-state index is 12.5. The predicted molar refractivity (Wildman–Crippen MR) is 122 cm³/mol. The van der Waals surface area contributed by atoms with Gasteiger partial charge >= 0.3 is 0 Å². The molecule has 1 saturated heterocycles. The van der Waals surface area contributed by atoms with Crippen LogP contribution in [0.3, 0.4) is 0 Å². The van der Waals surface area contributed by atoms with E-state index in [1.54, 1.807) is 0 Å². The summed E-state index contributed by atoms with van der Waals surface area (Å²) in [7, 11) is 2.08. The predicted octanol–water partition coefficient (Wildman–Crippen LogP) is 4.85. The van der Waals surface area contributed by atoms with Crippen LogP contribution in [-0.2, 0) is 11.3 Å². The molecule has 1 fully saturated rings. The van der Waals surface area contributed by atoms with Crippen LogP contribution in [0, 0.1) is 5.92 Å². The van der Waals surface area contributed by atoms with Crippen LogP contribution in [0.15, 0.2) is 48.5 Å². The average molecular weight is 434 g/mol. The number of halogens is 2. The van der Waals surface area contributed by atoms with Gasteiger partial charge in [0.25, 0.3) is 0 Å². The normalized spacial score (nSPS) is 15.3. The average Bonchev–Trinajstić information content (AvgIpc) is 2.74. The van der Waals surface area contributed by atoms with Crippen LogP contribution < -0.4 is 10.2 Å². The van der Waals surface area contributed by atoms with Gasteiger partial charge in [0.15, 0.2) is 0 Å². The first kappa shape index (κ1) is 21.9. The second kappa shape index (κ2) is 10.9. The summed E-state index contributed by atoms with van der Waals surface area (Å²) in [5.41, 5.74) is 2.17. The molecule has 29 heavy (non-hydrogen) atoms. The molecule has 6 heteroatoms. The van der Waals surface area contributed by atoms with Gasteiger partial charge in [0.1, 0.15) is 0 Å². The molecule has 4 nitrogen and oxygen atoms in total. The lowest BCUT2D eigenvalue weighted by Crippen LogP contribution is -2.40. The first-order valence-electron chi connectivity index (χ1n) is 10.2. The van der Waals surface area contributed by atoms with Crippen LogP contribution in [0.2, 0.25) is 10.0 Å². The van der Waals surface area contributed by atoms with Crippen LogP contribution in [0.25, 0.3) is 0 Å². The Kier molecular flexibility index (Phi) is 8.22. The smallest absolute Gasteiger partial charge is 0.223 e. The van der Waals surface area contributed by atoms with E-state index >= 15 is 0 Å². The van der Waals surface area contributed by atoms with Gasteiger partial charge < -0.3 is 10.2 Å². The highest BCUT2D eigenvalue weighted by atomic mass is 35.5. The number of carbonyl (C=O) groups excluding carboxylic acids is 1. The molecule has 0 aromatic heterocycles. The van der Waals surface area contributed by atoms with E-state index in [-0.39, 0.29) is 11.8 Å². The Morgan fingerprint density at radius 2 is 1.72 bits per heavy atom. The Labute approximate surface area is 183 Å². The topological polar surface area (TPSA) is 35.6 Å². The summed E-state index contributed by atoms with van der Waals surface area (Å²) in [6.45, 7) is 4.14. The van der Waals surface area contributed by atoms with E-state index in [2.05, 4.69) is 34.3 Å². The molecule has 3 rings (SSSR count). The lowest BCUT2D eigenvalue weighted by Gasteiger charge is -2.31. The summed E-state index contributed by atoms with van der Waals surface area (Å²) in [6, 6.07) is 15.9. The van der Waals surface area contributed by atoms with Crippen LogP contribution in [0.4, 0.5) is 5.69 Å². The lowest BCUT2D eigenvalue weighted by atomic mass is 9.95.